The number of nitrogens with zero attached hydrogens (tertiary/aromatic N) is 3. The zero-order valence-corrected chi connectivity index (χ0v) is 16.0. The molecule has 2 aromatic heterocycles. The lowest BCUT2D eigenvalue weighted by Crippen LogP contribution is -2.00. The summed E-state index contributed by atoms with van der Waals surface area (Å²) < 4.78 is 1.82. The first-order valence-corrected chi connectivity index (χ1v) is 9.62. The summed E-state index contributed by atoms with van der Waals surface area (Å²) in [4.78, 5) is 29.8. The van der Waals surface area contributed by atoms with Crippen LogP contribution in [-0.2, 0) is 6.54 Å². The fourth-order valence-electron chi connectivity index (χ4n) is 3.68. The van der Waals surface area contributed by atoms with Crippen LogP contribution in [0.4, 0.5) is 0 Å². The van der Waals surface area contributed by atoms with Gasteiger partial charge < -0.3 is 0 Å². The summed E-state index contributed by atoms with van der Waals surface area (Å²) in [6.07, 6.45) is 6.95. The number of rotatable bonds is 4. The van der Waals surface area contributed by atoms with Crippen molar-refractivity contribution in [1.29, 1.82) is 0 Å². The summed E-state index contributed by atoms with van der Waals surface area (Å²) in [6, 6.07) is 20.7. The van der Waals surface area contributed by atoms with Crippen molar-refractivity contribution in [2.24, 2.45) is 0 Å². The van der Waals surface area contributed by atoms with E-state index in [2.05, 4.69) is 4.98 Å². The lowest BCUT2D eigenvalue weighted by atomic mass is 10.0. The zero-order valence-electron chi connectivity index (χ0n) is 16.0. The maximum Gasteiger partial charge on any atom is 0.197 e. The first kappa shape index (κ1) is 17.9. The van der Waals surface area contributed by atoms with Crippen molar-refractivity contribution in [3.63, 3.8) is 0 Å². The van der Waals surface area contributed by atoms with E-state index in [1.165, 1.54) is 0 Å². The summed E-state index contributed by atoms with van der Waals surface area (Å²) >= 11 is 0. The molecule has 5 nitrogen and oxygen atoms in total. The van der Waals surface area contributed by atoms with E-state index in [9.17, 15) is 9.59 Å². The van der Waals surface area contributed by atoms with Crippen molar-refractivity contribution in [2.45, 2.75) is 6.54 Å². The molecule has 1 aliphatic rings. The molecule has 0 bridgehead atoms. The molecule has 1 aliphatic carbocycles. The van der Waals surface area contributed by atoms with Crippen LogP contribution in [0, 0.1) is 0 Å². The van der Waals surface area contributed by atoms with E-state index < -0.39 is 0 Å². The molecule has 0 radical (unpaired) electrons. The van der Waals surface area contributed by atoms with E-state index in [0.29, 0.717) is 28.9 Å². The topological polar surface area (TPSA) is 64.8 Å². The predicted molar refractivity (Wildman–Crippen MR) is 114 cm³/mol. The van der Waals surface area contributed by atoms with Gasteiger partial charge in [0.05, 0.1) is 12.1 Å². The Bertz CT molecular complexity index is 1250. The largest absolute Gasteiger partial charge is 0.288 e. The van der Waals surface area contributed by atoms with E-state index in [4.69, 9.17) is 5.10 Å². The smallest absolute Gasteiger partial charge is 0.197 e. The minimum atomic E-state index is -0.247. The number of pyridine rings is 1. The highest BCUT2D eigenvalue weighted by atomic mass is 16.2. The molecule has 0 aliphatic heterocycles. The Hall–Kier alpha value is -4.12. The van der Waals surface area contributed by atoms with E-state index in [-0.39, 0.29) is 17.1 Å². The number of allylic oxidation sites excluding steroid dienone is 1. The normalized spacial score (nSPS) is 12.9. The van der Waals surface area contributed by atoms with Crippen molar-refractivity contribution in [1.82, 2.24) is 14.8 Å². The molecule has 5 rings (SSSR count). The number of ketones is 2. The van der Waals surface area contributed by atoms with Gasteiger partial charge in [-0.2, -0.15) is 5.10 Å². The standard InChI is InChI=1S/C25H17N3O2/c29-24-20-10-4-5-11-21(20)25(30)22(24)13-19-16-28(15-17-7-2-1-3-8-17)27-23(19)18-9-6-12-26-14-18/h1-14,16H,15H2. The molecule has 0 unspecified atom stereocenters. The Balaban J connectivity index is 1.60. The van der Waals surface area contributed by atoms with Crippen molar-refractivity contribution in [3.05, 3.63) is 113 Å². The van der Waals surface area contributed by atoms with Crippen LogP contribution in [0.5, 0.6) is 0 Å². The van der Waals surface area contributed by atoms with Crippen LogP contribution in [0.25, 0.3) is 17.3 Å². The number of hydrogen-bond donors (Lipinski definition) is 0. The second-order valence-corrected chi connectivity index (χ2v) is 7.12. The monoisotopic (exact) mass is 391 g/mol. The predicted octanol–water partition coefficient (Wildman–Crippen LogP) is 4.46. The van der Waals surface area contributed by atoms with Gasteiger partial charge in [-0.15, -0.1) is 0 Å². The van der Waals surface area contributed by atoms with Gasteiger partial charge in [-0.3, -0.25) is 19.3 Å². The Labute approximate surface area is 173 Å². The fraction of sp³-hybridized carbons (Fsp3) is 0.0400. The van der Waals surface area contributed by atoms with Gasteiger partial charge in [-0.1, -0.05) is 54.6 Å². The molecule has 0 N–H and O–H groups in total. The molecule has 4 aromatic rings. The van der Waals surface area contributed by atoms with Crippen LogP contribution in [0.15, 0.2) is 90.9 Å². The molecule has 0 spiro atoms. The van der Waals surface area contributed by atoms with Crippen molar-refractivity contribution < 1.29 is 9.59 Å². The quantitative estimate of drug-likeness (QED) is 0.381. The number of benzene rings is 2. The van der Waals surface area contributed by atoms with Crippen LogP contribution in [0.2, 0.25) is 0 Å². The minimum absolute atomic E-state index is 0.167. The number of hydrogen-bond acceptors (Lipinski definition) is 4. The second kappa shape index (κ2) is 7.37. The van der Waals surface area contributed by atoms with E-state index in [0.717, 1.165) is 11.1 Å². The molecule has 30 heavy (non-hydrogen) atoms. The minimum Gasteiger partial charge on any atom is -0.288 e. The van der Waals surface area contributed by atoms with E-state index in [1.807, 2.05) is 53.3 Å². The van der Waals surface area contributed by atoms with Gasteiger partial charge in [0, 0.05) is 40.8 Å². The Morgan fingerprint density at radius 1 is 0.833 bits per heavy atom. The lowest BCUT2D eigenvalue weighted by Gasteiger charge is -2.01. The first-order chi connectivity index (χ1) is 14.7. The molecule has 2 heterocycles. The van der Waals surface area contributed by atoms with Crippen LogP contribution in [0.1, 0.15) is 31.8 Å². The summed E-state index contributed by atoms with van der Waals surface area (Å²) in [5, 5.41) is 4.73. The second-order valence-electron chi connectivity index (χ2n) is 7.12. The first-order valence-electron chi connectivity index (χ1n) is 9.62. The fourth-order valence-corrected chi connectivity index (χ4v) is 3.68. The van der Waals surface area contributed by atoms with E-state index in [1.54, 1.807) is 42.7 Å². The summed E-state index contributed by atoms with van der Waals surface area (Å²) in [7, 11) is 0. The molecule has 2 aromatic carbocycles. The molecule has 0 fully saturated rings. The molecular formula is C25H17N3O2. The van der Waals surface area contributed by atoms with Gasteiger partial charge in [0.25, 0.3) is 0 Å². The molecule has 144 valence electrons. The number of aromatic nitrogens is 3. The van der Waals surface area contributed by atoms with Crippen LogP contribution in [0.3, 0.4) is 0 Å². The average Bonchev–Trinajstić information content (AvgIpc) is 3.30. The van der Waals surface area contributed by atoms with Gasteiger partial charge in [0.15, 0.2) is 11.6 Å². The van der Waals surface area contributed by atoms with Gasteiger partial charge in [0.2, 0.25) is 0 Å². The molecule has 0 amide bonds. The van der Waals surface area contributed by atoms with Crippen molar-refractivity contribution in [2.75, 3.05) is 0 Å². The third-order valence-electron chi connectivity index (χ3n) is 5.12. The van der Waals surface area contributed by atoms with Gasteiger partial charge in [-0.05, 0) is 23.8 Å². The number of Topliss-reactive ketones (excluding diaryl/α,β-unsaturated/α-hetero) is 2. The average molecular weight is 391 g/mol. The molecule has 0 saturated carbocycles. The molecule has 0 atom stereocenters. The van der Waals surface area contributed by atoms with Crippen molar-refractivity contribution in [3.8, 4) is 11.3 Å². The zero-order chi connectivity index (χ0) is 20.5. The SMILES string of the molecule is O=C1C(=Cc2cn(Cc3ccccc3)nc2-c2cccnc2)C(=O)c2ccccc21. The highest BCUT2D eigenvalue weighted by Gasteiger charge is 2.33. The van der Waals surface area contributed by atoms with Gasteiger partial charge in [-0.25, -0.2) is 0 Å². The highest BCUT2D eigenvalue weighted by molar-refractivity contribution is 6.41. The Kier molecular flexibility index (Phi) is 4.41. The number of carbonyl (C=O) groups excluding carboxylic acids is 2. The van der Waals surface area contributed by atoms with Crippen molar-refractivity contribution >= 4 is 17.6 Å². The maximum atomic E-state index is 12.8. The number of carbonyl (C=O) groups is 2. The molecule has 5 heteroatoms. The van der Waals surface area contributed by atoms with Crippen LogP contribution < -0.4 is 0 Å². The third kappa shape index (κ3) is 3.16. The number of fused-ring (bicyclic) bond motifs is 1. The van der Waals surface area contributed by atoms with Gasteiger partial charge >= 0.3 is 0 Å². The third-order valence-corrected chi connectivity index (χ3v) is 5.12. The summed E-state index contributed by atoms with van der Waals surface area (Å²) in [5.74, 6) is -0.493. The molecule has 0 saturated heterocycles. The summed E-state index contributed by atoms with van der Waals surface area (Å²) in [5.41, 5.74) is 4.40. The Morgan fingerprint density at radius 2 is 1.53 bits per heavy atom. The lowest BCUT2D eigenvalue weighted by molar-refractivity contribution is 0.0990. The summed E-state index contributed by atoms with van der Waals surface area (Å²) in [6.45, 7) is 0.583. The van der Waals surface area contributed by atoms with Crippen LogP contribution >= 0.6 is 0 Å². The highest BCUT2D eigenvalue weighted by Crippen LogP contribution is 2.30. The Morgan fingerprint density at radius 3 is 2.20 bits per heavy atom. The maximum absolute atomic E-state index is 12.8. The van der Waals surface area contributed by atoms with Gasteiger partial charge in [0.1, 0.15) is 5.69 Å². The van der Waals surface area contributed by atoms with Crippen LogP contribution in [-0.4, -0.2) is 26.3 Å². The molecular weight excluding hydrogens is 374 g/mol. The van der Waals surface area contributed by atoms with E-state index >= 15 is 0 Å².